The molecular formula is C23H24N4O3S. The molecule has 3 rings (SSSR count). The highest BCUT2D eigenvalue weighted by Gasteiger charge is 2.17. The summed E-state index contributed by atoms with van der Waals surface area (Å²) in [5, 5.41) is 6.34. The van der Waals surface area contributed by atoms with Gasteiger partial charge in [0.2, 0.25) is 11.8 Å². The summed E-state index contributed by atoms with van der Waals surface area (Å²) in [5.41, 5.74) is 8.74. The van der Waals surface area contributed by atoms with Crippen LogP contribution in [0.25, 0.3) is 11.3 Å². The molecule has 7 nitrogen and oxygen atoms in total. The molecule has 0 unspecified atom stereocenters. The Bertz CT molecular complexity index is 1110. The van der Waals surface area contributed by atoms with Crippen molar-refractivity contribution in [1.82, 2.24) is 10.3 Å². The number of aromatic nitrogens is 1. The van der Waals surface area contributed by atoms with Crippen LogP contribution in [0.4, 0.5) is 5.69 Å². The number of hydrogen-bond donors (Lipinski definition) is 3. The van der Waals surface area contributed by atoms with Crippen molar-refractivity contribution in [3.8, 4) is 11.3 Å². The lowest BCUT2D eigenvalue weighted by Crippen LogP contribution is -2.29. The molecule has 4 N–H and O–H groups in total. The van der Waals surface area contributed by atoms with E-state index in [1.807, 2.05) is 38.1 Å². The Kier molecular flexibility index (Phi) is 7.15. The molecule has 0 fully saturated rings. The molecule has 3 aromatic rings. The number of carbonyl (C=O) groups is 3. The number of nitrogens with zero attached hydrogens (tertiary/aromatic N) is 1. The number of nitrogens with two attached hydrogens (primary N) is 1. The average molecular weight is 437 g/mol. The average Bonchev–Trinajstić information content (AvgIpc) is 3.08. The van der Waals surface area contributed by atoms with Crippen molar-refractivity contribution in [2.45, 2.75) is 26.7 Å². The zero-order valence-electron chi connectivity index (χ0n) is 17.4. The molecule has 31 heavy (non-hydrogen) atoms. The highest BCUT2D eigenvalue weighted by Crippen LogP contribution is 2.29. The van der Waals surface area contributed by atoms with Crippen LogP contribution < -0.4 is 16.4 Å². The Hall–Kier alpha value is -3.52. The number of nitrogens with one attached hydrogen (secondary N) is 2. The van der Waals surface area contributed by atoms with Gasteiger partial charge >= 0.3 is 0 Å². The summed E-state index contributed by atoms with van der Waals surface area (Å²) in [6.07, 6.45) is 0.194. The lowest BCUT2D eigenvalue weighted by atomic mass is 10.1. The third kappa shape index (κ3) is 5.99. The molecule has 1 heterocycles. The van der Waals surface area contributed by atoms with Crippen molar-refractivity contribution in [2.24, 2.45) is 5.73 Å². The first-order valence-electron chi connectivity index (χ1n) is 9.82. The van der Waals surface area contributed by atoms with Crippen molar-refractivity contribution >= 4 is 34.7 Å². The number of carbonyl (C=O) groups excluding carboxylic acids is 3. The van der Waals surface area contributed by atoms with Crippen LogP contribution in [0.2, 0.25) is 0 Å². The molecule has 3 amide bonds. The summed E-state index contributed by atoms with van der Waals surface area (Å²) in [6, 6.07) is 14.8. The first kappa shape index (κ1) is 22.2. The molecule has 0 aliphatic heterocycles. The highest BCUT2D eigenvalue weighted by atomic mass is 32.1. The number of rotatable bonds is 8. The molecule has 0 aliphatic carbocycles. The van der Waals surface area contributed by atoms with E-state index in [1.165, 1.54) is 11.3 Å². The van der Waals surface area contributed by atoms with E-state index in [-0.39, 0.29) is 31.2 Å². The summed E-state index contributed by atoms with van der Waals surface area (Å²) in [4.78, 5) is 41.5. The molecule has 0 saturated carbocycles. The van der Waals surface area contributed by atoms with Crippen LogP contribution >= 0.6 is 11.3 Å². The van der Waals surface area contributed by atoms with Gasteiger partial charge in [-0.3, -0.25) is 14.4 Å². The highest BCUT2D eigenvalue weighted by molar-refractivity contribution is 7.12. The maximum Gasteiger partial charge on any atom is 0.253 e. The van der Waals surface area contributed by atoms with Gasteiger partial charge in [0.25, 0.3) is 5.91 Å². The monoisotopic (exact) mass is 436 g/mol. The van der Waals surface area contributed by atoms with Crippen LogP contribution in [0, 0.1) is 13.8 Å². The van der Waals surface area contributed by atoms with Gasteiger partial charge in [-0.15, -0.1) is 11.3 Å². The number of anilines is 1. The van der Waals surface area contributed by atoms with Gasteiger partial charge in [-0.2, -0.15) is 0 Å². The van der Waals surface area contributed by atoms with Crippen LogP contribution in [0.5, 0.6) is 0 Å². The smallest absolute Gasteiger partial charge is 0.253 e. The molecule has 0 atom stereocenters. The molecule has 0 bridgehead atoms. The number of benzene rings is 2. The van der Waals surface area contributed by atoms with Crippen molar-refractivity contribution in [1.29, 1.82) is 0 Å². The van der Waals surface area contributed by atoms with Crippen molar-refractivity contribution in [2.75, 3.05) is 11.9 Å². The topological polar surface area (TPSA) is 114 Å². The van der Waals surface area contributed by atoms with Gasteiger partial charge in [0.1, 0.15) is 0 Å². The van der Waals surface area contributed by atoms with Crippen molar-refractivity contribution < 1.29 is 14.4 Å². The number of aryl methyl sites for hydroxylation is 2. The molecule has 1 aromatic heterocycles. The Morgan fingerprint density at radius 3 is 2.45 bits per heavy atom. The molecular weight excluding hydrogens is 412 g/mol. The lowest BCUT2D eigenvalue weighted by molar-refractivity contribution is -0.118. The quantitative estimate of drug-likeness (QED) is 0.503. The Labute approximate surface area is 184 Å². The van der Waals surface area contributed by atoms with Crippen molar-refractivity contribution in [3.63, 3.8) is 0 Å². The minimum absolute atomic E-state index is 0.0484. The summed E-state index contributed by atoms with van der Waals surface area (Å²) >= 11 is 1.48. The SMILES string of the molecule is Cc1ccc(-c2nc(C)sc2CC(=O)Nc2ccccc2C(=O)NCCC(N)=O)cc1. The van der Waals surface area contributed by atoms with Crippen molar-refractivity contribution in [3.05, 3.63) is 69.5 Å². The van der Waals surface area contributed by atoms with Crippen LogP contribution in [0.15, 0.2) is 48.5 Å². The van der Waals surface area contributed by atoms with Crippen LogP contribution in [0.1, 0.15) is 32.2 Å². The van der Waals surface area contributed by atoms with Gasteiger partial charge in [0, 0.05) is 23.4 Å². The van der Waals surface area contributed by atoms with E-state index in [1.54, 1.807) is 24.3 Å². The minimum atomic E-state index is -0.494. The Morgan fingerprint density at radius 1 is 1.03 bits per heavy atom. The molecule has 0 spiro atoms. The van der Waals surface area contributed by atoms with Gasteiger partial charge in [-0.05, 0) is 26.0 Å². The first-order valence-corrected chi connectivity index (χ1v) is 10.6. The third-order valence-electron chi connectivity index (χ3n) is 4.55. The number of primary amides is 1. The van der Waals surface area contributed by atoms with Crippen LogP contribution in [-0.4, -0.2) is 29.3 Å². The van der Waals surface area contributed by atoms with E-state index in [4.69, 9.17) is 5.73 Å². The molecule has 8 heteroatoms. The second-order valence-corrected chi connectivity index (χ2v) is 8.40. The van der Waals surface area contributed by atoms with Gasteiger partial charge in [0.05, 0.1) is 28.4 Å². The molecule has 0 aliphatic rings. The summed E-state index contributed by atoms with van der Waals surface area (Å²) < 4.78 is 0. The summed E-state index contributed by atoms with van der Waals surface area (Å²) in [7, 11) is 0. The zero-order valence-corrected chi connectivity index (χ0v) is 18.2. The third-order valence-corrected chi connectivity index (χ3v) is 5.52. The van der Waals surface area contributed by atoms with Gasteiger partial charge in [-0.25, -0.2) is 4.98 Å². The molecule has 2 aromatic carbocycles. The number of amides is 3. The Balaban J connectivity index is 1.73. The normalized spacial score (nSPS) is 10.5. The Morgan fingerprint density at radius 2 is 1.74 bits per heavy atom. The predicted octanol–water partition coefficient (Wildman–Crippen LogP) is 3.21. The number of thiazole rings is 1. The second-order valence-electron chi connectivity index (χ2n) is 7.11. The van der Waals surface area contributed by atoms with E-state index in [9.17, 15) is 14.4 Å². The number of para-hydroxylation sites is 1. The summed E-state index contributed by atoms with van der Waals surface area (Å²) in [6.45, 7) is 4.07. The van der Waals surface area contributed by atoms with E-state index < -0.39 is 5.91 Å². The van der Waals surface area contributed by atoms with E-state index in [2.05, 4.69) is 15.6 Å². The first-order chi connectivity index (χ1) is 14.8. The number of hydrogen-bond acceptors (Lipinski definition) is 5. The molecule has 160 valence electrons. The van der Waals surface area contributed by atoms with E-state index in [0.717, 1.165) is 26.7 Å². The molecule has 0 saturated heterocycles. The largest absolute Gasteiger partial charge is 0.370 e. The van der Waals surface area contributed by atoms with Gasteiger partial charge in [0.15, 0.2) is 0 Å². The zero-order chi connectivity index (χ0) is 22.4. The maximum atomic E-state index is 12.8. The maximum absolute atomic E-state index is 12.8. The van der Waals surface area contributed by atoms with E-state index in [0.29, 0.717) is 11.3 Å². The fraction of sp³-hybridized carbons (Fsp3) is 0.217. The summed E-state index contributed by atoms with van der Waals surface area (Å²) in [5.74, 6) is -1.12. The van der Waals surface area contributed by atoms with E-state index >= 15 is 0 Å². The van der Waals surface area contributed by atoms with Crippen LogP contribution in [-0.2, 0) is 16.0 Å². The molecule has 0 radical (unpaired) electrons. The fourth-order valence-electron chi connectivity index (χ4n) is 3.05. The lowest BCUT2D eigenvalue weighted by Gasteiger charge is -2.11. The van der Waals surface area contributed by atoms with Crippen LogP contribution in [0.3, 0.4) is 0 Å². The second kappa shape index (κ2) is 9.99. The fourth-order valence-corrected chi connectivity index (χ4v) is 4.01. The predicted molar refractivity (Wildman–Crippen MR) is 122 cm³/mol. The minimum Gasteiger partial charge on any atom is -0.370 e. The standard InChI is InChI=1S/C23H24N4O3S/c1-14-7-9-16(10-8-14)22-19(31-15(2)26-22)13-21(29)27-18-6-4-3-5-17(18)23(30)25-12-11-20(24)28/h3-10H,11-13H2,1-2H3,(H2,24,28)(H,25,30)(H,27,29). The van der Waals surface area contributed by atoms with Gasteiger partial charge < -0.3 is 16.4 Å². The van der Waals surface area contributed by atoms with Gasteiger partial charge in [-0.1, -0.05) is 42.0 Å².